The number of ether oxygens (including phenoxy) is 1. The largest absolute Gasteiger partial charge is 0.497 e. The Bertz CT molecular complexity index is 1000. The third-order valence-corrected chi connectivity index (χ3v) is 8.84. The topological polar surface area (TPSA) is 66.9 Å². The van der Waals surface area contributed by atoms with Gasteiger partial charge in [-0.1, -0.05) is 0 Å². The predicted molar refractivity (Wildman–Crippen MR) is 110 cm³/mol. The van der Waals surface area contributed by atoms with E-state index < -0.39 is 20.7 Å². The number of hydrogen-bond acceptors (Lipinski definition) is 5. The molecule has 0 saturated carbocycles. The van der Waals surface area contributed by atoms with Crippen molar-refractivity contribution in [2.24, 2.45) is 0 Å². The van der Waals surface area contributed by atoms with E-state index in [2.05, 4.69) is 0 Å². The van der Waals surface area contributed by atoms with Crippen molar-refractivity contribution in [3.8, 4) is 5.75 Å². The van der Waals surface area contributed by atoms with E-state index in [9.17, 15) is 17.6 Å². The first-order valence-electron chi connectivity index (χ1n) is 9.22. The van der Waals surface area contributed by atoms with Gasteiger partial charge in [-0.05, 0) is 61.4 Å². The molecule has 6 nitrogen and oxygen atoms in total. The number of piperidine rings is 1. The van der Waals surface area contributed by atoms with Crippen molar-refractivity contribution in [1.82, 2.24) is 4.31 Å². The van der Waals surface area contributed by atoms with Gasteiger partial charge in [0.2, 0.25) is 15.9 Å². The Labute approximate surface area is 173 Å². The van der Waals surface area contributed by atoms with Crippen molar-refractivity contribution in [1.29, 1.82) is 0 Å². The lowest BCUT2D eigenvalue weighted by molar-refractivity contribution is -0.116. The minimum Gasteiger partial charge on any atom is -0.497 e. The summed E-state index contributed by atoms with van der Waals surface area (Å²) in [5.74, 6) is 0.631. The predicted octanol–water partition coefficient (Wildman–Crippen LogP) is 3.10. The zero-order valence-electron chi connectivity index (χ0n) is 15.9. The van der Waals surface area contributed by atoms with Crippen molar-refractivity contribution in [3.63, 3.8) is 0 Å². The highest BCUT2D eigenvalue weighted by Crippen LogP contribution is 2.47. The van der Waals surface area contributed by atoms with Crippen LogP contribution in [0.15, 0.2) is 53.4 Å². The van der Waals surface area contributed by atoms with Crippen molar-refractivity contribution >= 4 is 33.4 Å². The van der Waals surface area contributed by atoms with E-state index >= 15 is 0 Å². The molecule has 0 atom stereocenters. The van der Waals surface area contributed by atoms with E-state index in [4.69, 9.17) is 4.74 Å². The molecule has 2 fully saturated rings. The minimum absolute atomic E-state index is 0.0232. The number of carbonyl (C=O) groups excluding carboxylic acids is 1. The summed E-state index contributed by atoms with van der Waals surface area (Å²) >= 11 is 1.57. The van der Waals surface area contributed by atoms with Crippen LogP contribution >= 0.6 is 11.8 Å². The van der Waals surface area contributed by atoms with Crippen LogP contribution in [0, 0.1) is 5.82 Å². The van der Waals surface area contributed by atoms with Crippen LogP contribution < -0.4 is 9.64 Å². The number of amides is 1. The lowest BCUT2D eigenvalue weighted by Crippen LogP contribution is -2.53. The van der Waals surface area contributed by atoms with Gasteiger partial charge in [-0.2, -0.15) is 4.31 Å². The van der Waals surface area contributed by atoms with Gasteiger partial charge in [0.25, 0.3) is 0 Å². The average Bonchev–Trinajstić information content (AvgIpc) is 3.04. The maximum absolute atomic E-state index is 13.1. The number of thioether (sulfide) groups is 1. The Balaban J connectivity index is 1.55. The van der Waals surface area contributed by atoms with Gasteiger partial charge in [-0.3, -0.25) is 9.69 Å². The molecule has 1 amide bonds. The lowest BCUT2D eigenvalue weighted by Gasteiger charge is -2.43. The Kier molecular flexibility index (Phi) is 5.30. The summed E-state index contributed by atoms with van der Waals surface area (Å²) in [6.07, 6.45) is 1.05. The van der Waals surface area contributed by atoms with Gasteiger partial charge in [0, 0.05) is 18.8 Å². The molecule has 0 unspecified atom stereocenters. The molecule has 2 aliphatic rings. The van der Waals surface area contributed by atoms with Crippen LogP contribution in [0.1, 0.15) is 12.8 Å². The fraction of sp³-hybridized carbons (Fsp3) is 0.350. The van der Waals surface area contributed by atoms with Gasteiger partial charge in [-0.25, -0.2) is 12.8 Å². The maximum atomic E-state index is 13.1. The highest BCUT2D eigenvalue weighted by molar-refractivity contribution is 8.02. The number of hydrogen-bond donors (Lipinski definition) is 0. The summed E-state index contributed by atoms with van der Waals surface area (Å²) in [5, 5.41) is 0. The Morgan fingerprint density at radius 3 is 2.24 bits per heavy atom. The van der Waals surface area contributed by atoms with E-state index in [1.165, 1.54) is 16.4 Å². The molecule has 0 radical (unpaired) electrons. The van der Waals surface area contributed by atoms with Crippen LogP contribution in [-0.4, -0.2) is 49.5 Å². The SMILES string of the molecule is COc1ccc(N2C(=O)CSC23CCN(S(=O)(=O)c2ccc(F)cc2)CC3)cc1. The number of rotatable bonds is 4. The molecule has 29 heavy (non-hydrogen) atoms. The van der Waals surface area contributed by atoms with Gasteiger partial charge >= 0.3 is 0 Å². The van der Waals surface area contributed by atoms with Crippen molar-refractivity contribution in [2.45, 2.75) is 22.6 Å². The maximum Gasteiger partial charge on any atom is 0.243 e. The summed E-state index contributed by atoms with van der Waals surface area (Å²) in [4.78, 5) is 14.1. The molecule has 2 aromatic carbocycles. The number of carbonyl (C=O) groups is 1. The molecule has 154 valence electrons. The summed E-state index contributed by atoms with van der Waals surface area (Å²) in [6.45, 7) is 0.597. The monoisotopic (exact) mass is 436 g/mol. The van der Waals surface area contributed by atoms with Crippen LogP contribution in [0.4, 0.5) is 10.1 Å². The summed E-state index contributed by atoms with van der Waals surface area (Å²) in [5.41, 5.74) is 0.788. The van der Waals surface area contributed by atoms with Crippen LogP contribution in [0.5, 0.6) is 5.75 Å². The Morgan fingerprint density at radius 2 is 1.66 bits per heavy atom. The first kappa shape index (κ1) is 20.2. The average molecular weight is 437 g/mol. The number of methoxy groups -OCH3 is 1. The summed E-state index contributed by atoms with van der Waals surface area (Å²) in [6, 6.07) is 12.2. The summed E-state index contributed by atoms with van der Waals surface area (Å²) < 4.78 is 45.5. The van der Waals surface area contributed by atoms with Gasteiger partial charge in [0.15, 0.2) is 0 Å². The summed E-state index contributed by atoms with van der Waals surface area (Å²) in [7, 11) is -2.10. The van der Waals surface area contributed by atoms with Crippen molar-refractivity contribution in [3.05, 3.63) is 54.3 Å². The van der Waals surface area contributed by atoms with Crippen LogP contribution in [-0.2, 0) is 14.8 Å². The molecular formula is C20H21FN2O4S2. The normalized spacial score (nSPS) is 19.7. The number of nitrogens with zero attached hydrogens (tertiary/aromatic N) is 2. The number of benzene rings is 2. The second-order valence-corrected chi connectivity index (χ2v) is 10.3. The van der Waals surface area contributed by atoms with Crippen molar-refractivity contribution < 1.29 is 22.3 Å². The minimum atomic E-state index is -3.69. The molecule has 1 spiro atoms. The fourth-order valence-corrected chi connectivity index (χ4v) is 6.63. The fourth-order valence-electron chi connectivity index (χ4n) is 3.86. The van der Waals surface area contributed by atoms with E-state index in [-0.39, 0.29) is 10.8 Å². The standard InChI is InChI=1S/C20H21FN2O4S2/c1-27-17-6-4-16(5-7-17)23-19(24)14-28-20(23)10-12-22(13-11-20)29(25,26)18-8-2-15(21)3-9-18/h2-9H,10-14H2,1H3. The van der Waals surface area contributed by atoms with E-state index in [1.54, 1.807) is 23.8 Å². The molecule has 0 aromatic heterocycles. The zero-order valence-corrected chi connectivity index (χ0v) is 17.5. The molecular weight excluding hydrogens is 415 g/mol. The number of sulfonamides is 1. The Morgan fingerprint density at radius 1 is 1.03 bits per heavy atom. The quantitative estimate of drug-likeness (QED) is 0.737. The highest BCUT2D eigenvalue weighted by atomic mass is 32.2. The zero-order chi connectivity index (χ0) is 20.6. The Hall–Kier alpha value is -2.10. The third kappa shape index (κ3) is 3.62. The van der Waals surface area contributed by atoms with Crippen LogP contribution in [0.25, 0.3) is 0 Å². The third-order valence-electron chi connectivity index (χ3n) is 5.41. The first-order chi connectivity index (χ1) is 13.9. The van der Waals surface area contributed by atoms with Gasteiger partial charge in [0.1, 0.15) is 11.6 Å². The van der Waals surface area contributed by atoms with Crippen LogP contribution in [0.2, 0.25) is 0 Å². The molecule has 0 N–H and O–H groups in total. The smallest absolute Gasteiger partial charge is 0.243 e. The van der Waals surface area contributed by atoms with E-state index in [0.29, 0.717) is 37.4 Å². The van der Waals surface area contributed by atoms with Gasteiger partial charge in [-0.15, -0.1) is 11.8 Å². The molecule has 0 aliphatic carbocycles. The second-order valence-electron chi connectivity index (χ2n) is 7.02. The molecule has 0 bridgehead atoms. The van der Waals surface area contributed by atoms with E-state index in [1.807, 2.05) is 24.3 Å². The molecule has 2 aliphatic heterocycles. The number of anilines is 1. The number of halogens is 1. The van der Waals surface area contributed by atoms with Crippen molar-refractivity contribution in [2.75, 3.05) is 30.9 Å². The lowest BCUT2D eigenvalue weighted by atomic mass is 10.0. The second kappa shape index (κ2) is 7.62. The molecule has 9 heteroatoms. The van der Waals surface area contributed by atoms with Gasteiger partial charge < -0.3 is 4.74 Å². The van der Waals surface area contributed by atoms with Gasteiger partial charge in [0.05, 0.1) is 22.6 Å². The highest BCUT2D eigenvalue weighted by Gasteiger charge is 2.50. The molecule has 2 heterocycles. The molecule has 4 rings (SSSR count). The first-order valence-corrected chi connectivity index (χ1v) is 11.7. The van der Waals surface area contributed by atoms with Crippen LogP contribution in [0.3, 0.4) is 0 Å². The van der Waals surface area contributed by atoms with E-state index in [0.717, 1.165) is 17.8 Å². The molecule has 2 aromatic rings. The molecule has 2 saturated heterocycles.